The molecule has 0 unspecified atom stereocenters. The van der Waals surface area contributed by atoms with Crippen molar-refractivity contribution < 1.29 is 18.3 Å². The quantitative estimate of drug-likeness (QED) is 0.484. The molecule has 34 heavy (non-hydrogen) atoms. The zero-order valence-corrected chi connectivity index (χ0v) is 19.4. The zero-order valence-electron chi connectivity index (χ0n) is 19.4. The van der Waals surface area contributed by atoms with E-state index in [9.17, 15) is 13.6 Å². The number of aromatic amines is 1. The van der Waals surface area contributed by atoms with Gasteiger partial charge in [0.1, 0.15) is 0 Å². The summed E-state index contributed by atoms with van der Waals surface area (Å²) in [5, 5.41) is 2.15. The summed E-state index contributed by atoms with van der Waals surface area (Å²) in [4.78, 5) is 24.8. The van der Waals surface area contributed by atoms with E-state index in [1.54, 1.807) is 0 Å². The number of amides is 1. The van der Waals surface area contributed by atoms with Crippen molar-refractivity contribution in [1.29, 1.82) is 0 Å². The summed E-state index contributed by atoms with van der Waals surface area (Å²) in [6, 6.07) is 10.6. The fourth-order valence-electron chi connectivity index (χ4n) is 4.82. The second kappa shape index (κ2) is 8.68. The van der Waals surface area contributed by atoms with E-state index in [0.29, 0.717) is 37.3 Å². The van der Waals surface area contributed by atoms with Gasteiger partial charge in [-0.15, -0.1) is 0 Å². The predicted octanol–water partition coefficient (Wildman–Crippen LogP) is 4.04. The molecule has 1 aliphatic rings. The summed E-state index contributed by atoms with van der Waals surface area (Å²) < 4.78 is 33.6. The molecule has 4 aromatic rings. The van der Waals surface area contributed by atoms with Crippen LogP contribution in [0.15, 0.2) is 36.4 Å². The molecule has 6 nitrogen and oxygen atoms in total. The number of hydrogen-bond donors (Lipinski definition) is 1. The van der Waals surface area contributed by atoms with E-state index < -0.39 is 17.4 Å². The Morgan fingerprint density at radius 2 is 1.94 bits per heavy atom. The molecular weight excluding hydrogens is 438 g/mol. The predicted molar refractivity (Wildman–Crippen MR) is 127 cm³/mol. The van der Waals surface area contributed by atoms with Crippen LogP contribution in [-0.2, 0) is 24.2 Å². The number of carbonyl (C=O) groups excluding carboxylic acids is 1. The van der Waals surface area contributed by atoms with Crippen molar-refractivity contribution in [1.82, 2.24) is 19.8 Å². The summed E-state index contributed by atoms with van der Waals surface area (Å²) in [6.07, 6.45) is 0.937. The Labute approximate surface area is 196 Å². The molecule has 1 aliphatic heterocycles. The van der Waals surface area contributed by atoms with Crippen LogP contribution in [0.2, 0.25) is 0 Å². The number of methoxy groups -OCH3 is 1. The van der Waals surface area contributed by atoms with E-state index in [-0.39, 0.29) is 12.3 Å². The van der Waals surface area contributed by atoms with Crippen LogP contribution < -0.4 is 4.74 Å². The van der Waals surface area contributed by atoms with Crippen LogP contribution in [0, 0.1) is 11.6 Å². The van der Waals surface area contributed by atoms with Crippen molar-refractivity contribution in [3.05, 3.63) is 70.5 Å². The highest BCUT2D eigenvalue weighted by atomic mass is 19.1. The number of fused-ring (bicyclic) bond motifs is 5. The van der Waals surface area contributed by atoms with E-state index in [1.165, 1.54) is 19.2 Å². The SMILES string of the molecule is COc1c(F)cc(Cc2nc3c(c4c2[nH]c2ccccc24)CCN(C(=O)CN(C)C)C3)cc1F. The van der Waals surface area contributed by atoms with E-state index in [2.05, 4.69) is 11.1 Å². The molecule has 0 spiro atoms. The number of benzene rings is 2. The second-order valence-electron chi connectivity index (χ2n) is 8.98. The van der Waals surface area contributed by atoms with Crippen molar-refractivity contribution in [3.63, 3.8) is 0 Å². The maximum Gasteiger partial charge on any atom is 0.237 e. The molecule has 176 valence electrons. The molecule has 0 bridgehead atoms. The van der Waals surface area contributed by atoms with Crippen LogP contribution >= 0.6 is 0 Å². The van der Waals surface area contributed by atoms with E-state index in [0.717, 1.165) is 33.1 Å². The molecule has 0 saturated carbocycles. The maximum atomic E-state index is 14.4. The average Bonchev–Trinajstić information content (AvgIpc) is 3.18. The third-order valence-corrected chi connectivity index (χ3v) is 6.32. The Bertz CT molecular complexity index is 1390. The van der Waals surface area contributed by atoms with Crippen molar-refractivity contribution in [2.24, 2.45) is 0 Å². The molecule has 3 heterocycles. The number of H-pyrrole nitrogens is 1. The molecule has 0 fully saturated rings. The van der Waals surface area contributed by atoms with Gasteiger partial charge < -0.3 is 19.5 Å². The molecule has 0 radical (unpaired) electrons. The maximum absolute atomic E-state index is 14.4. The Kier molecular flexibility index (Phi) is 5.69. The van der Waals surface area contributed by atoms with Crippen molar-refractivity contribution >= 4 is 27.7 Å². The number of para-hydroxylation sites is 1. The molecule has 2 aromatic carbocycles. The number of nitrogens with one attached hydrogen (secondary N) is 1. The molecule has 5 rings (SSSR count). The highest BCUT2D eigenvalue weighted by molar-refractivity contribution is 6.10. The van der Waals surface area contributed by atoms with Crippen LogP contribution in [-0.4, -0.2) is 60.0 Å². The minimum absolute atomic E-state index is 0.0531. The topological polar surface area (TPSA) is 61.5 Å². The van der Waals surface area contributed by atoms with Gasteiger partial charge >= 0.3 is 0 Å². The van der Waals surface area contributed by atoms with Crippen molar-refractivity contribution in [3.8, 4) is 5.75 Å². The lowest BCUT2D eigenvalue weighted by atomic mass is 9.96. The van der Waals surface area contributed by atoms with Gasteiger partial charge in [0.05, 0.1) is 37.1 Å². The summed E-state index contributed by atoms with van der Waals surface area (Å²) in [5.74, 6) is -1.84. The summed E-state index contributed by atoms with van der Waals surface area (Å²) >= 11 is 0. The molecular formula is C26H26F2N4O2. The standard InChI is InChI=1S/C26H26F2N4O2/c1-31(2)14-23(33)32-9-8-17-22(13-32)29-21(12-15-10-18(27)26(34-3)19(28)11-15)25-24(17)16-6-4-5-7-20(16)30-25/h4-7,10-11,30H,8-9,12-14H2,1-3H3. The number of likely N-dealkylation sites (N-methyl/N-ethyl adjacent to an activating group) is 1. The van der Waals surface area contributed by atoms with E-state index in [4.69, 9.17) is 9.72 Å². The fraction of sp³-hybridized carbons (Fsp3) is 0.308. The number of pyridine rings is 1. The van der Waals surface area contributed by atoms with Crippen LogP contribution in [0.3, 0.4) is 0 Å². The first kappa shape index (κ1) is 22.3. The lowest BCUT2D eigenvalue weighted by molar-refractivity contribution is -0.132. The van der Waals surface area contributed by atoms with Gasteiger partial charge in [0.2, 0.25) is 5.91 Å². The van der Waals surface area contributed by atoms with Crippen LogP contribution in [0.5, 0.6) is 5.75 Å². The number of aromatic nitrogens is 2. The monoisotopic (exact) mass is 464 g/mol. The largest absolute Gasteiger partial charge is 0.491 e. The van der Waals surface area contributed by atoms with Crippen molar-refractivity contribution in [2.75, 3.05) is 34.3 Å². The summed E-state index contributed by atoms with van der Waals surface area (Å²) in [6.45, 7) is 1.38. The summed E-state index contributed by atoms with van der Waals surface area (Å²) in [5.41, 5.74) is 4.95. The molecule has 0 atom stereocenters. The Morgan fingerprint density at radius 1 is 1.21 bits per heavy atom. The first-order valence-electron chi connectivity index (χ1n) is 11.2. The number of ether oxygens (including phenoxy) is 1. The smallest absolute Gasteiger partial charge is 0.237 e. The van der Waals surface area contributed by atoms with Gasteiger partial charge in [0, 0.05) is 29.3 Å². The number of hydrogen-bond acceptors (Lipinski definition) is 4. The Hall–Kier alpha value is -3.52. The van der Waals surface area contributed by atoms with Gasteiger partial charge in [0.15, 0.2) is 17.4 Å². The van der Waals surface area contributed by atoms with Crippen LogP contribution in [0.4, 0.5) is 8.78 Å². The third-order valence-electron chi connectivity index (χ3n) is 6.32. The molecule has 0 saturated heterocycles. The van der Waals surface area contributed by atoms with Gasteiger partial charge in [-0.2, -0.15) is 0 Å². The van der Waals surface area contributed by atoms with E-state index >= 15 is 0 Å². The second-order valence-corrected chi connectivity index (χ2v) is 8.98. The lowest BCUT2D eigenvalue weighted by Crippen LogP contribution is -2.41. The molecule has 0 aliphatic carbocycles. The van der Waals surface area contributed by atoms with Gasteiger partial charge in [-0.3, -0.25) is 9.78 Å². The first-order chi connectivity index (χ1) is 16.4. The van der Waals surface area contributed by atoms with Gasteiger partial charge in [-0.25, -0.2) is 8.78 Å². The molecule has 8 heteroatoms. The Morgan fingerprint density at radius 3 is 2.65 bits per heavy atom. The van der Waals surface area contributed by atoms with Gasteiger partial charge in [0.25, 0.3) is 0 Å². The van der Waals surface area contributed by atoms with E-state index in [1.807, 2.05) is 42.1 Å². The van der Waals surface area contributed by atoms with Crippen LogP contribution in [0.1, 0.15) is 22.5 Å². The summed E-state index contributed by atoms with van der Waals surface area (Å²) in [7, 11) is 4.98. The third kappa shape index (κ3) is 3.88. The average molecular weight is 465 g/mol. The number of carbonyl (C=O) groups is 1. The highest BCUT2D eigenvalue weighted by Crippen LogP contribution is 2.35. The highest BCUT2D eigenvalue weighted by Gasteiger charge is 2.26. The minimum Gasteiger partial charge on any atom is -0.491 e. The normalized spacial score (nSPS) is 13.6. The zero-order chi connectivity index (χ0) is 24.0. The lowest BCUT2D eigenvalue weighted by Gasteiger charge is -2.30. The Balaban J connectivity index is 1.63. The van der Waals surface area contributed by atoms with Crippen molar-refractivity contribution in [2.45, 2.75) is 19.4 Å². The minimum atomic E-state index is -0.746. The van der Waals surface area contributed by atoms with Crippen LogP contribution in [0.25, 0.3) is 21.8 Å². The first-order valence-corrected chi connectivity index (χ1v) is 11.2. The fourth-order valence-corrected chi connectivity index (χ4v) is 4.82. The van der Waals surface area contributed by atoms with Gasteiger partial charge in [-0.1, -0.05) is 18.2 Å². The number of rotatable bonds is 5. The molecule has 1 amide bonds. The molecule has 1 N–H and O–H groups in total. The number of nitrogens with zero attached hydrogens (tertiary/aromatic N) is 3. The number of halogens is 2. The molecule has 2 aromatic heterocycles. The van der Waals surface area contributed by atoms with Gasteiger partial charge in [-0.05, 0) is 49.8 Å².